The second-order valence-corrected chi connectivity index (χ2v) is 7.67. The van der Waals surface area contributed by atoms with Gasteiger partial charge < -0.3 is 25.0 Å². The quantitative estimate of drug-likeness (QED) is 0.513. The van der Waals surface area contributed by atoms with E-state index in [2.05, 4.69) is 32.7 Å². The number of aliphatic imine (C=N–C) groups is 1. The molecule has 30 heavy (non-hydrogen) atoms. The van der Waals surface area contributed by atoms with E-state index in [1.807, 2.05) is 43.4 Å². The van der Waals surface area contributed by atoms with Crippen molar-refractivity contribution in [3.8, 4) is 11.5 Å². The van der Waals surface area contributed by atoms with E-state index >= 15 is 0 Å². The molecule has 3 rings (SSSR count). The van der Waals surface area contributed by atoms with Crippen molar-refractivity contribution < 1.29 is 9.47 Å². The summed E-state index contributed by atoms with van der Waals surface area (Å²) < 4.78 is 11.9. The fraction of sp³-hybridized carbons (Fsp3) is 0.478. The van der Waals surface area contributed by atoms with Crippen LogP contribution in [0.25, 0.3) is 0 Å². The first-order chi connectivity index (χ1) is 14.6. The number of guanidine groups is 1. The summed E-state index contributed by atoms with van der Waals surface area (Å²) in [7, 11) is 7.43. The first-order valence-electron chi connectivity index (χ1n) is 10.5. The third kappa shape index (κ3) is 5.78. The second kappa shape index (κ2) is 10.7. The van der Waals surface area contributed by atoms with Gasteiger partial charge >= 0.3 is 0 Å². The molecule has 0 saturated heterocycles. The topological polar surface area (TPSA) is 71.0 Å². The van der Waals surface area contributed by atoms with Crippen LogP contribution >= 0.6 is 0 Å². The summed E-state index contributed by atoms with van der Waals surface area (Å²) in [5, 5.41) is 6.75. The van der Waals surface area contributed by atoms with Gasteiger partial charge in [0.05, 0.1) is 13.2 Å². The smallest absolute Gasteiger partial charge is 0.191 e. The lowest BCUT2D eigenvalue weighted by molar-refractivity contribution is 0.198. The van der Waals surface area contributed by atoms with E-state index in [-0.39, 0.29) is 6.10 Å². The van der Waals surface area contributed by atoms with Crippen LogP contribution in [-0.2, 0) is 13.1 Å². The largest absolute Gasteiger partial charge is 0.493 e. The lowest BCUT2D eigenvalue weighted by Gasteiger charge is -2.20. The molecule has 1 aromatic heterocycles. The molecule has 0 amide bonds. The summed E-state index contributed by atoms with van der Waals surface area (Å²) in [6, 6.07) is 10.1. The molecule has 1 heterocycles. The summed E-state index contributed by atoms with van der Waals surface area (Å²) in [5.74, 6) is 3.27. The van der Waals surface area contributed by atoms with Gasteiger partial charge in [0.25, 0.3) is 0 Å². The Hall–Kier alpha value is -2.96. The van der Waals surface area contributed by atoms with Crippen LogP contribution in [0.3, 0.4) is 0 Å². The Morgan fingerprint density at radius 3 is 2.63 bits per heavy atom. The summed E-state index contributed by atoms with van der Waals surface area (Å²) in [6.45, 7) is 1.25. The highest BCUT2D eigenvalue weighted by atomic mass is 16.5. The lowest BCUT2D eigenvalue weighted by atomic mass is 10.1. The third-order valence-electron chi connectivity index (χ3n) is 5.27. The maximum absolute atomic E-state index is 6.32. The number of hydrogen-bond acceptors (Lipinski definition) is 5. The third-order valence-corrected chi connectivity index (χ3v) is 5.27. The molecule has 0 aliphatic heterocycles. The zero-order chi connectivity index (χ0) is 21.3. The molecule has 1 saturated carbocycles. The predicted molar refractivity (Wildman–Crippen MR) is 121 cm³/mol. The van der Waals surface area contributed by atoms with Gasteiger partial charge in [-0.25, -0.2) is 4.98 Å². The number of nitrogens with zero attached hydrogens (tertiary/aromatic N) is 3. The SMILES string of the molecule is CN=C(NCc1ccnc(N(C)C)c1)NCc1cccc(OC)c1OC1CCCC1. The summed E-state index contributed by atoms with van der Waals surface area (Å²) in [6.07, 6.45) is 6.77. The fourth-order valence-corrected chi connectivity index (χ4v) is 3.57. The highest BCUT2D eigenvalue weighted by molar-refractivity contribution is 5.79. The molecule has 0 bridgehead atoms. The predicted octanol–water partition coefficient (Wildman–Crippen LogP) is 3.34. The first kappa shape index (κ1) is 21.7. The number of hydrogen-bond donors (Lipinski definition) is 2. The van der Waals surface area contributed by atoms with Crippen LogP contribution in [0.15, 0.2) is 41.5 Å². The number of benzene rings is 1. The van der Waals surface area contributed by atoms with E-state index in [0.29, 0.717) is 13.1 Å². The highest BCUT2D eigenvalue weighted by Gasteiger charge is 2.20. The number of rotatable bonds is 8. The first-order valence-corrected chi connectivity index (χ1v) is 10.5. The molecule has 0 unspecified atom stereocenters. The number of nitrogens with one attached hydrogen (secondary N) is 2. The van der Waals surface area contributed by atoms with Gasteiger partial charge in [-0.2, -0.15) is 0 Å². The van der Waals surface area contributed by atoms with E-state index < -0.39 is 0 Å². The van der Waals surface area contributed by atoms with Crippen LogP contribution in [0.1, 0.15) is 36.8 Å². The molecule has 2 N–H and O–H groups in total. The van der Waals surface area contributed by atoms with Crippen LogP contribution in [-0.4, -0.2) is 45.3 Å². The Labute approximate surface area is 179 Å². The minimum absolute atomic E-state index is 0.273. The normalized spacial score (nSPS) is 14.5. The fourth-order valence-electron chi connectivity index (χ4n) is 3.57. The van der Waals surface area contributed by atoms with Crippen LogP contribution < -0.4 is 25.0 Å². The number of ether oxygens (including phenoxy) is 2. The van der Waals surface area contributed by atoms with Gasteiger partial charge in [-0.05, 0) is 49.4 Å². The van der Waals surface area contributed by atoms with E-state index in [1.165, 1.54) is 12.8 Å². The zero-order valence-electron chi connectivity index (χ0n) is 18.4. The number of para-hydroxylation sites is 1. The van der Waals surface area contributed by atoms with Gasteiger partial charge in [0.15, 0.2) is 17.5 Å². The molecule has 1 aromatic carbocycles. The Balaban J connectivity index is 1.62. The number of methoxy groups -OCH3 is 1. The molecule has 1 fully saturated rings. The molecular formula is C23H33N5O2. The summed E-state index contributed by atoms with van der Waals surface area (Å²) >= 11 is 0. The van der Waals surface area contributed by atoms with Gasteiger partial charge in [-0.1, -0.05) is 12.1 Å². The van der Waals surface area contributed by atoms with Gasteiger partial charge in [-0.3, -0.25) is 4.99 Å². The van der Waals surface area contributed by atoms with Crippen LogP contribution in [0, 0.1) is 0 Å². The van der Waals surface area contributed by atoms with Gasteiger partial charge in [0.1, 0.15) is 5.82 Å². The maximum Gasteiger partial charge on any atom is 0.191 e. The van der Waals surface area contributed by atoms with E-state index in [4.69, 9.17) is 9.47 Å². The second-order valence-electron chi connectivity index (χ2n) is 7.67. The van der Waals surface area contributed by atoms with Crippen molar-refractivity contribution in [2.45, 2.75) is 44.9 Å². The molecule has 1 aliphatic carbocycles. The average molecular weight is 412 g/mol. The zero-order valence-corrected chi connectivity index (χ0v) is 18.4. The number of anilines is 1. The van der Waals surface area contributed by atoms with Crippen LogP contribution in [0.5, 0.6) is 11.5 Å². The van der Waals surface area contributed by atoms with Crippen LogP contribution in [0.2, 0.25) is 0 Å². The minimum atomic E-state index is 0.273. The molecule has 162 valence electrons. The van der Waals surface area contributed by atoms with E-state index in [0.717, 1.165) is 47.2 Å². The van der Waals surface area contributed by atoms with Crippen molar-refractivity contribution in [3.05, 3.63) is 47.7 Å². The number of aromatic nitrogens is 1. The van der Waals surface area contributed by atoms with Crippen molar-refractivity contribution in [1.82, 2.24) is 15.6 Å². The van der Waals surface area contributed by atoms with Crippen molar-refractivity contribution in [2.75, 3.05) is 33.2 Å². The monoisotopic (exact) mass is 411 g/mol. The van der Waals surface area contributed by atoms with E-state index in [9.17, 15) is 0 Å². The van der Waals surface area contributed by atoms with Crippen molar-refractivity contribution >= 4 is 11.8 Å². The standard InChI is InChI=1S/C23H33N5O2/c1-24-23(26-15-17-12-13-25-21(14-17)28(2)3)27-16-18-8-7-11-20(29-4)22(18)30-19-9-5-6-10-19/h7-8,11-14,19H,5-6,9-10,15-16H2,1-4H3,(H2,24,26,27). The molecule has 7 heteroatoms. The Bertz CT molecular complexity index is 847. The summed E-state index contributed by atoms with van der Waals surface area (Å²) in [4.78, 5) is 10.7. The van der Waals surface area contributed by atoms with Gasteiger partial charge in [0, 0.05) is 46.0 Å². The molecular weight excluding hydrogens is 378 g/mol. The average Bonchev–Trinajstić information content (AvgIpc) is 3.28. The maximum atomic E-state index is 6.32. The lowest BCUT2D eigenvalue weighted by Crippen LogP contribution is -2.36. The highest BCUT2D eigenvalue weighted by Crippen LogP contribution is 2.34. The van der Waals surface area contributed by atoms with Gasteiger partial charge in [-0.15, -0.1) is 0 Å². The Morgan fingerprint density at radius 1 is 1.17 bits per heavy atom. The molecule has 0 atom stereocenters. The molecule has 2 aromatic rings. The van der Waals surface area contributed by atoms with Crippen LogP contribution in [0.4, 0.5) is 5.82 Å². The minimum Gasteiger partial charge on any atom is -0.493 e. The van der Waals surface area contributed by atoms with Crippen molar-refractivity contribution in [2.24, 2.45) is 4.99 Å². The Morgan fingerprint density at radius 2 is 1.93 bits per heavy atom. The van der Waals surface area contributed by atoms with Crippen molar-refractivity contribution in [3.63, 3.8) is 0 Å². The Kier molecular flexibility index (Phi) is 7.76. The molecule has 1 aliphatic rings. The van der Waals surface area contributed by atoms with E-state index in [1.54, 1.807) is 14.2 Å². The number of pyridine rings is 1. The molecule has 7 nitrogen and oxygen atoms in total. The summed E-state index contributed by atoms with van der Waals surface area (Å²) in [5.41, 5.74) is 2.20. The van der Waals surface area contributed by atoms with Gasteiger partial charge in [0.2, 0.25) is 0 Å². The van der Waals surface area contributed by atoms with Crippen molar-refractivity contribution in [1.29, 1.82) is 0 Å². The molecule has 0 spiro atoms. The molecule has 0 radical (unpaired) electrons.